The van der Waals surface area contributed by atoms with Gasteiger partial charge >= 0.3 is 0 Å². The van der Waals surface area contributed by atoms with Crippen LogP contribution in [0.4, 0.5) is 13.2 Å². The van der Waals surface area contributed by atoms with Gasteiger partial charge in [-0.25, -0.2) is 13.2 Å². The molecule has 78 valence electrons. The maximum atomic E-state index is 13.1. The Morgan fingerprint density at radius 1 is 1.14 bits per heavy atom. The molecule has 1 aliphatic heterocycles. The van der Waals surface area contributed by atoms with Gasteiger partial charge in [0.05, 0.1) is 0 Å². The maximum absolute atomic E-state index is 13.1. The van der Waals surface area contributed by atoms with E-state index in [1.807, 2.05) is 0 Å². The van der Waals surface area contributed by atoms with E-state index in [4.69, 9.17) is 0 Å². The van der Waals surface area contributed by atoms with Crippen LogP contribution in [0.3, 0.4) is 0 Å². The molecule has 0 aromatic heterocycles. The zero-order chi connectivity index (χ0) is 9.42. The van der Waals surface area contributed by atoms with Crippen molar-refractivity contribution < 1.29 is 13.2 Å². The Balaban J connectivity index is 0.000000980. The second-order valence-corrected chi connectivity index (χ2v) is 3.06. The predicted octanol–water partition coefficient (Wildman–Crippen LogP) is 2.56. The summed E-state index contributed by atoms with van der Waals surface area (Å²) in [6.45, 7) is 0.795. The van der Waals surface area contributed by atoms with E-state index in [0.717, 1.165) is 19.0 Å². The van der Waals surface area contributed by atoms with Gasteiger partial charge < -0.3 is 5.32 Å². The average Bonchev–Trinajstić information content (AvgIpc) is 2.03. The van der Waals surface area contributed by atoms with E-state index in [9.17, 15) is 13.2 Å². The molecule has 2 rings (SSSR count). The normalized spacial score (nSPS) is 19.8. The first-order valence-corrected chi connectivity index (χ1v) is 4.07. The van der Waals surface area contributed by atoms with Gasteiger partial charge in [0, 0.05) is 11.6 Å². The molecule has 1 heterocycles. The van der Waals surface area contributed by atoms with Gasteiger partial charge in [-0.2, -0.15) is 0 Å². The molecule has 1 aliphatic rings. The summed E-state index contributed by atoms with van der Waals surface area (Å²) in [6, 6.07) is 2.08. The van der Waals surface area contributed by atoms with Crippen molar-refractivity contribution in [3.05, 3.63) is 35.1 Å². The molecule has 0 aliphatic carbocycles. The second-order valence-electron chi connectivity index (χ2n) is 3.06. The Labute approximate surface area is 85.7 Å². The van der Waals surface area contributed by atoms with Crippen LogP contribution in [-0.4, -0.2) is 6.54 Å². The monoisotopic (exact) mass is 223 g/mol. The van der Waals surface area contributed by atoms with Gasteiger partial charge in [0.25, 0.3) is 0 Å². The lowest BCUT2D eigenvalue weighted by atomic mass is 9.97. The zero-order valence-electron chi connectivity index (χ0n) is 7.19. The molecular formula is C9H9ClF3N. The fourth-order valence-corrected chi connectivity index (χ4v) is 1.36. The van der Waals surface area contributed by atoms with Gasteiger partial charge in [-0.1, -0.05) is 6.07 Å². The van der Waals surface area contributed by atoms with Crippen molar-refractivity contribution in [2.45, 2.75) is 12.5 Å². The van der Waals surface area contributed by atoms with Crippen molar-refractivity contribution in [1.29, 1.82) is 0 Å². The standard InChI is InChI=1S/C9H8F3N.ClH/c10-6-2-1-5(7-3-4-13-7)8(11)9(6)12;/h1-2,7,13H,3-4H2;1H/t7-;/m1./s1. The molecule has 0 radical (unpaired) electrons. The van der Waals surface area contributed by atoms with Crippen LogP contribution in [0, 0.1) is 17.5 Å². The van der Waals surface area contributed by atoms with E-state index >= 15 is 0 Å². The minimum atomic E-state index is -1.38. The molecule has 0 unspecified atom stereocenters. The predicted molar refractivity (Wildman–Crippen MR) is 48.9 cm³/mol. The van der Waals surface area contributed by atoms with Crippen LogP contribution >= 0.6 is 12.4 Å². The van der Waals surface area contributed by atoms with Gasteiger partial charge in [-0.15, -0.1) is 12.4 Å². The Bertz CT molecular complexity index is 339. The molecule has 0 amide bonds. The molecule has 1 aromatic rings. The summed E-state index contributed by atoms with van der Waals surface area (Å²) in [5, 5.41) is 2.92. The van der Waals surface area contributed by atoms with E-state index in [-0.39, 0.29) is 24.0 Å². The van der Waals surface area contributed by atoms with Gasteiger partial charge in [0.1, 0.15) is 0 Å². The molecule has 1 aromatic carbocycles. The third-order valence-corrected chi connectivity index (χ3v) is 2.26. The van der Waals surface area contributed by atoms with Crippen LogP contribution < -0.4 is 5.32 Å². The Kier molecular flexibility index (Phi) is 3.39. The number of hydrogen-bond acceptors (Lipinski definition) is 1. The number of nitrogens with one attached hydrogen (secondary N) is 1. The SMILES string of the molecule is Cl.Fc1ccc([C@H]2CCN2)c(F)c1F. The molecule has 0 bridgehead atoms. The summed E-state index contributed by atoms with van der Waals surface area (Å²) < 4.78 is 38.3. The minimum Gasteiger partial charge on any atom is -0.310 e. The Hall–Kier alpha value is -0.740. The van der Waals surface area contributed by atoms with Crippen molar-refractivity contribution in [2.75, 3.05) is 6.54 Å². The fourth-order valence-electron chi connectivity index (χ4n) is 1.36. The van der Waals surface area contributed by atoms with Crippen molar-refractivity contribution in [1.82, 2.24) is 5.32 Å². The van der Waals surface area contributed by atoms with Crippen molar-refractivity contribution in [3.63, 3.8) is 0 Å². The molecule has 0 saturated carbocycles. The van der Waals surface area contributed by atoms with Gasteiger partial charge in [0.15, 0.2) is 17.5 Å². The first-order valence-electron chi connectivity index (χ1n) is 4.07. The summed E-state index contributed by atoms with van der Waals surface area (Å²) in [6.07, 6.45) is 0.766. The van der Waals surface area contributed by atoms with Crippen molar-refractivity contribution >= 4 is 12.4 Å². The Morgan fingerprint density at radius 3 is 2.29 bits per heavy atom. The topological polar surface area (TPSA) is 12.0 Å². The fraction of sp³-hybridized carbons (Fsp3) is 0.333. The van der Waals surface area contributed by atoms with Crippen LogP contribution in [-0.2, 0) is 0 Å². The van der Waals surface area contributed by atoms with Gasteiger partial charge in [0.2, 0.25) is 0 Å². The summed E-state index contributed by atoms with van der Waals surface area (Å²) in [4.78, 5) is 0. The molecule has 5 heteroatoms. The molecule has 1 fully saturated rings. The minimum absolute atomic E-state index is 0. The summed E-state index contributed by atoms with van der Waals surface area (Å²) in [5.74, 6) is -3.59. The van der Waals surface area contributed by atoms with E-state index < -0.39 is 17.5 Å². The van der Waals surface area contributed by atoms with E-state index in [0.29, 0.717) is 0 Å². The van der Waals surface area contributed by atoms with Crippen LogP contribution in [0.25, 0.3) is 0 Å². The van der Waals surface area contributed by atoms with Gasteiger partial charge in [-0.3, -0.25) is 0 Å². The van der Waals surface area contributed by atoms with E-state index in [1.165, 1.54) is 6.07 Å². The molecular weight excluding hydrogens is 215 g/mol. The highest BCUT2D eigenvalue weighted by molar-refractivity contribution is 5.85. The molecule has 1 atom stereocenters. The van der Waals surface area contributed by atoms with Crippen LogP contribution in [0.1, 0.15) is 18.0 Å². The lowest BCUT2D eigenvalue weighted by molar-refractivity contribution is 0.357. The van der Waals surface area contributed by atoms with E-state index in [1.54, 1.807) is 0 Å². The number of rotatable bonds is 1. The Morgan fingerprint density at radius 2 is 1.79 bits per heavy atom. The molecule has 1 saturated heterocycles. The first-order chi connectivity index (χ1) is 6.20. The second kappa shape index (κ2) is 4.19. The molecule has 0 spiro atoms. The largest absolute Gasteiger partial charge is 0.310 e. The average molecular weight is 224 g/mol. The summed E-state index contributed by atoms with van der Waals surface area (Å²) in [5.41, 5.74) is 0.213. The zero-order valence-corrected chi connectivity index (χ0v) is 8.00. The third kappa shape index (κ3) is 1.72. The quantitative estimate of drug-likeness (QED) is 0.722. The highest BCUT2D eigenvalue weighted by Gasteiger charge is 2.24. The molecule has 14 heavy (non-hydrogen) atoms. The third-order valence-electron chi connectivity index (χ3n) is 2.26. The first kappa shape index (κ1) is 11.3. The van der Waals surface area contributed by atoms with Crippen molar-refractivity contribution in [3.8, 4) is 0 Å². The van der Waals surface area contributed by atoms with Crippen LogP contribution in [0.2, 0.25) is 0 Å². The summed E-state index contributed by atoms with van der Waals surface area (Å²) in [7, 11) is 0. The molecule has 1 nitrogen and oxygen atoms in total. The number of halogens is 4. The van der Waals surface area contributed by atoms with Crippen molar-refractivity contribution in [2.24, 2.45) is 0 Å². The molecule has 1 N–H and O–H groups in total. The highest BCUT2D eigenvalue weighted by Crippen LogP contribution is 2.27. The highest BCUT2D eigenvalue weighted by atomic mass is 35.5. The summed E-state index contributed by atoms with van der Waals surface area (Å²) >= 11 is 0. The maximum Gasteiger partial charge on any atom is 0.194 e. The lowest BCUT2D eigenvalue weighted by Crippen LogP contribution is -2.35. The smallest absolute Gasteiger partial charge is 0.194 e. The number of benzene rings is 1. The lowest BCUT2D eigenvalue weighted by Gasteiger charge is -2.28. The van der Waals surface area contributed by atoms with Crippen LogP contribution in [0.15, 0.2) is 12.1 Å². The van der Waals surface area contributed by atoms with E-state index in [2.05, 4.69) is 5.32 Å². The van der Waals surface area contributed by atoms with Crippen LogP contribution in [0.5, 0.6) is 0 Å². The van der Waals surface area contributed by atoms with Gasteiger partial charge in [-0.05, 0) is 19.0 Å². The number of hydrogen-bond donors (Lipinski definition) is 1.